The number of aliphatic hydroxyl groups is 1. The molecule has 0 aliphatic carbocycles. The molecule has 1 radical (unpaired) electrons. The Morgan fingerprint density at radius 3 is 2.42 bits per heavy atom. The summed E-state index contributed by atoms with van der Waals surface area (Å²) >= 11 is 0. The molecule has 0 heterocycles. The van der Waals surface area contributed by atoms with Gasteiger partial charge in [-0.1, -0.05) is 18.2 Å². The number of para-hydroxylation sites is 1. The van der Waals surface area contributed by atoms with Crippen molar-refractivity contribution < 1.29 is 5.11 Å². The number of anilines is 1. The Morgan fingerprint density at radius 2 is 1.92 bits per heavy atom. The first-order chi connectivity index (χ1) is 5.88. The van der Waals surface area contributed by atoms with Gasteiger partial charge in [-0.25, -0.2) is 0 Å². The molecule has 0 amide bonds. The third-order valence-electron chi connectivity index (χ3n) is 1.87. The normalized spacial score (nSPS) is 10.6. The number of hydrogen-bond donors (Lipinski definition) is 1. The number of likely N-dealkylation sites (N-methyl/N-ethyl adjacent to an activating group) is 1. The summed E-state index contributed by atoms with van der Waals surface area (Å²) in [6.07, 6.45) is 0. The minimum Gasteiger partial charge on any atom is -0.390 e. The highest BCUT2D eigenvalue weighted by atomic mass is 16.3. The van der Waals surface area contributed by atoms with Gasteiger partial charge in [0.25, 0.3) is 0 Å². The minimum absolute atomic E-state index is 0.211. The standard InChI is InChI=1S/C10H15NO/c1-2-11(8-9-12)10-6-4-3-5-7-10/h3-7,12H,2,8-9H2,1H3/q+1. The number of rotatable bonds is 4. The number of hydrogen-bond acceptors (Lipinski definition) is 2. The van der Waals surface area contributed by atoms with Crippen LogP contribution in [0.3, 0.4) is 0 Å². The maximum absolute atomic E-state index is 8.79. The van der Waals surface area contributed by atoms with Gasteiger partial charge in [0, 0.05) is 12.1 Å². The molecule has 65 valence electrons. The van der Waals surface area contributed by atoms with Crippen LogP contribution in [-0.2, 0) is 0 Å². The monoisotopic (exact) mass is 165 g/mol. The van der Waals surface area contributed by atoms with Crippen LogP contribution < -0.4 is 4.90 Å². The molecule has 0 unspecified atom stereocenters. The maximum atomic E-state index is 8.79. The minimum atomic E-state index is 0.211. The molecule has 0 bridgehead atoms. The average molecular weight is 165 g/mol. The quantitative estimate of drug-likeness (QED) is 0.672. The van der Waals surface area contributed by atoms with Crippen molar-refractivity contribution >= 4 is 5.69 Å². The van der Waals surface area contributed by atoms with Crippen LogP contribution in [0.4, 0.5) is 5.69 Å². The first-order valence-electron chi connectivity index (χ1n) is 4.29. The molecule has 2 nitrogen and oxygen atoms in total. The lowest BCUT2D eigenvalue weighted by Crippen LogP contribution is -2.27. The van der Waals surface area contributed by atoms with Crippen LogP contribution in [0.5, 0.6) is 0 Å². The van der Waals surface area contributed by atoms with E-state index >= 15 is 0 Å². The first kappa shape index (κ1) is 9.23. The average Bonchev–Trinajstić information content (AvgIpc) is 2.15. The van der Waals surface area contributed by atoms with E-state index in [-0.39, 0.29) is 6.61 Å². The van der Waals surface area contributed by atoms with E-state index in [9.17, 15) is 0 Å². The van der Waals surface area contributed by atoms with E-state index in [0.29, 0.717) is 6.54 Å². The molecule has 1 aromatic carbocycles. The molecule has 0 saturated carbocycles. The van der Waals surface area contributed by atoms with Gasteiger partial charge in [0.1, 0.15) is 6.54 Å². The fraction of sp³-hybridized carbons (Fsp3) is 0.400. The van der Waals surface area contributed by atoms with Gasteiger partial charge in [0.05, 0.1) is 6.61 Å². The maximum Gasteiger partial charge on any atom is 0.180 e. The summed E-state index contributed by atoms with van der Waals surface area (Å²) in [4.78, 5) is 2.14. The first-order valence-corrected chi connectivity index (χ1v) is 4.29. The largest absolute Gasteiger partial charge is 0.390 e. The van der Waals surface area contributed by atoms with Gasteiger partial charge in [0.15, 0.2) is 12.2 Å². The molecule has 0 aromatic heterocycles. The summed E-state index contributed by atoms with van der Waals surface area (Å²) in [6, 6.07) is 10.1. The molecule has 0 saturated heterocycles. The number of benzene rings is 1. The molecule has 1 N–H and O–H groups in total. The Bertz CT molecular complexity index is 210. The van der Waals surface area contributed by atoms with Crippen LogP contribution in [-0.4, -0.2) is 24.8 Å². The van der Waals surface area contributed by atoms with E-state index in [1.807, 2.05) is 18.2 Å². The van der Waals surface area contributed by atoms with E-state index in [1.54, 1.807) is 0 Å². The summed E-state index contributed by atoms with van der Waals surface area (Å²) in [7, 11) is 0. The SMILES string of the molecule is CC[N+](CCO)c1ccccc1. The van der Waals surface area contributed by atoms with Gasteiger partial charge in [-0.2, -0.15) is 0 Å². The summed E-state index contributed by atoms with van der Waals surface area (Å²) < 4.78 is 0. The molecule has 1 rings (SSSR count). The van der Waals surface area contributed by atoms with Crippen molar-refractivity contribution in [3.05, 3.63) is 30.3 Å². The van der Waals surface area contributed by atoms with E-state index in [2.05, 4.69) is 24.0 Å². The fourth-order valence-corrected chi connectivity index (χ4v) is 1.23. The highest BCUT2D eigenvalue weighted by Crippen LogP contribution is 2.10. The second kappa shape index (κ2) is 4.91. The lowest BCUT2D eigenvalue weighted by Gasteiger charge is -2.06. The van der Waals surface area contributed by atoms with E-state index < -0.39 is 0 Å². The zero-order chi connectivity index (χ0) is 8.81. The lowest BCUT2D eigenvalue weighted by molar-refractivity contribution is 0.277. The van der Waals surface area contributed by atoms with E-state index in [0.717, 1.165) is 6.54 Å². The van der Waals surface area contributed by atoms with E-state index in [1.165, 1.54) is 5.69 Å². The Kier molecular flexibility index (Phi) is 3.77. The van der Waals surface area contributed by atoms with Gasteiger partial charge < -0.3 is 5.11 Å². The van der Waals surface area contributed by atoms with Crippen LogP contribution in [0.1, 0.15) is 6.92 Å². The summed E-state index contributed by atoms with van der Waals surface area (Å²) in [5.41, 5.74) is 1.18. The number of aliphatic hydroxyl groups excluding tert-OH is 1. The third kappa shape index (κ3) is 2.32. The van der Waals surface area contributed by atoms with Gasteiger partial charge in [-0.3, -0.25) is 0 Å². The van der Waals surface area contributed by atoms with Crippen molar-refractivity contribution in [3.63, 3.8) is 0 Å². The molecule has 0 atom stereocenters. The van der Waals surface area contributed by atoms with Crippen molar-refractivity contribution in [1.29, 1.82) is 0 Å². The Balaban J connectivity index is 2.66. The molecule has 12 heavy (non-hydrogen) atoms. The molecule has 0 spiro atoms. The van der Waals surface area contributed by atoms with Crippen molar-refractivity contribution in [2.24, 2.45) is 0 Å². The second-order valence-corrected chi connectivity index (χ2v) is 2.64. The fourth-order valence-electron chi connectivity index (χ4n) is 1.23. The molecule has 0 fully saturated rings. The molecule has 0 aliphatic heterocycles. The third-order valence-corrected chi connectivity index (χ3v) is 1.87. The highest BCUT2D eigenvalue weighted by Gasteiger charge is 2.13. The van der Waals surface area contributed by atoms with Crippen molar-refractivity contribution in [3.8, 4) is 0 Å². The zero-order valence-corrected chi connectivity index (χ0v) is 7.40. The Labute approximate surface area is 73.4 Å². The Hall–Kier alpha value is -0.860. The lowest BCUT2D eigenvalue weighted by atomic mass is 10.3. The van der Waals surface area contributed by atoms with Crippen molar-refractivity contribution in [2.45, 2.75) is 6.92 Å². The van der Waals surface area contributed by atoms with Gasteiger partial charge in [0.2, 0.25) is 0 Å². The summed E-state index contributed by atoms with van der Waals surface area (Å²) in [6.45, 7) is 3.94. The van der Waals surface area contributed by atoms with Gasteiger partial charge >= 0.3 is 0 Å². The van der Waals surface area contributed by atoms with E-state index in [4.69, 9.17) is 5.11 Å². The van der Waals surface area contributed by atoms with Crippen LogP contribution >= 0.6 is 0 Å². The van der Waals surface area contributed by atoms with Crippen LogP contribution in [0.15, 0.2) is 30.3 Å². The van der Waals surface area contributed by atoms with Crippen LogP contribution in [0, 0.1) is 0 Å². The highest BCUT2D eigenvalue weighted by molar-refractivity contribution is 5.37. The smallest absolute Gasteiger partial charge is 0.180 e. The molecular weight excluding hydrogens is 150 g/mol. The predicted octanol–water partition coefficient (Wildman–Crippen LogP) is 1.47. The van der Waals surface area contributed by atoms with Crippen molar-refractivity contribution in [2.75, 3.05) is 19.7 Å². The van der Waals surface area contributed by atoms with Crippen LogP contribution in [0.25, 0.3) is 0 Å². The molecule has 1 aromatic rings. The van der Waals surface area contributed by atoms with Crippen LogP contribution in [0.2, 0.25) is 0 Å². The molecule has 0 aliphatic rings. The van der Waals surface area contributed by atoms with Crippen molar-refractivity contribution in [1.82, 2.24) is 4.90 Å². The molecular formula is C10H15NO+. The number of nitrogens with zero attached hydrogens (tertiary/aromatic N) is 1. The summed E-state index contributed by atoms with van der Waals surface area (Å²) in [5, 5.41) is 8.79. The summed E-state index contributed by atoms with van der Waals surface area (Å²) in [5.74, 6) is 0. The van der Waals surface area contributed by atoms with Gasteiger partial charge in [-0.15, -0.1) is 4.90 Å². The zero-order valence-electron chi connectivity index (χ0n) is 7.40. The second-order valence-electron chi connectivity index (χ2n) is 2.64. The van der Waals surface area contributed by atoms with Gasteiger partial charge in [-0.05, 0) is 6.92 Å². The Morgan fingerprint density at radius 1 is 1.25 bits per heavy atom. The predicted molar refractivity (Wildman–Crippen MR) is 50.7 cm³/mol. The molecule has 2 heteroatoms. The topological polar surface area (TPSA) is 26.1 Å².